The maximum absolute atomic E-state index is 12.5. The van der Waals surface area contributed by atoms with Crippen LogP contribution in [0.3, 0.4) is 0 Å². The summed E-state index contributed by atoms with van der Waals surface area (Å²) in [6.07, 6.45) is 2.59. The van der Waals surface area contributed by atoms with Gasteiger partial charge in [-0.2, -0.15) is 0 Å². The van der Waals surface area contributed by atoms with Crippen molar-refractivity contribution in [1.29, 1.82) is 0 Å². The average Bonchev–Trinajstić information content (AvgIpc) is 3.21. The van der Waals surface area contributed by atoms with Crippen LogP contribution in [0.4, 0.5) is 11.5 Å². The number of pyridine rings is 1. The summed E-state index contributed by atoms with van der Waals surface area (Å²) in [6, 6.07) is 17.1. The minimum absolute atomic E-state index is 0.169. The van der Waals surface area contributed by atoms with Gasteiger partial charge in [0.25, 0.3) is 5.91 Å². The number of hydrogen-bond donors (Lipinski definition) is 2. The van der Waals surface area contributed by atoms with Crippen LogP contribution < -0.4 is 20.1 Å². The van der Waals surface area contributed by atoms with Crippen LogP contribution in [0.5, 0.6) is 11.5 Å². The molecule has 6 nitrogen and oxygen atoms in total. The van der Waals surface area contributed by atoms with E-state index in [4.69, 9.17) is 9.47 Å². The van der Waals surface area contributed by atoms with Crippen LogP contribution in [0.25, 0.3) is 0 Å². The number of hydrogen-bond acceptors (Lipinski definition) is 5. The number of benzene rings is 2. The molecular formula is C22H21N3O3. The lowest BCUT2D eigenvalue weighted by Crippen LogP contribution is -2.12. The Morgan fingerprint density at radius 1 is 1.00 bits per heavy atom. The van der Waals surface area contributed by atoms with E-state index in [1.807, 2.05) is 42.5 Å². The molecule has 0 unspecified atom stereocenters. The second kappa shape index (κ2) is 8.00. The summed E-state index contributed by atoms with van der Waals surface area (Å²) < 4.78 is 10.7. The molecule has 0 saturated carbocycles. The van der Waals surface area contributed by atoms with E-state index >= 15 is 0 Å². The number of aryl methyl sites for hydroxylation is 1. The molecular weight excluding hydrogens is 354 g/mol. The number of nitrogens with zero attached hydrogens (tertiary/aromatic N) is 1. The molecule has 0 bridgehead atoms. The van der Waals surface area contributed by atoms with Crippen LogP contribution in [-0.4, -0.2) is 17.7 Å². The van der Waals surface area contributed by atoms with E-state index in [-0.39, 0.29) is 12.7 Å². The van der Waals surface area contributed by atoms with Gasteiger partial charge in [0.05, 0.1) is 0 Å². The summed E-state index contributed by atoms with van der Waals surface area (Å²) in [5, 5.41) is 6.15. The first-order chi connectivity index (χ1) is 13.7. The largest absolute Gasteiger partial charge is 0.454 e. The van der Waals surface area contributed by atoms with E-state index in [2.05, 4.69) is 22.5 Å². The normalized spacial score (nSPS) is 11.9. The minimum Gasteiger partial charge on any atom is -0.454 e. The second-order valence-electron chi connectivity index (χ2n) is 6.48. The van der Waals surface area contributed by atoms with Crippen molar-refractivity contribution in [2.75, 3.05) is 17.4 Å². The van der Waals surface area contributed by atoms with Crippen molar-refractivity contribution in [2.24, 2.45) is 0 Å². The van der Waals surface area contributed by atoms with E-state index in [9.17, 15) is 4.79 Å². The summed E-state index contributed by atoms with van der Waals surface area (Å²) in [6.45, 7) is 2.92. The highest BCUT2D eigenvalue weighted by molar-refractivity contribution is 6.04. The summed E-state index contributed by atoms with van der Waals surface area (Å²) >= 11 is 0. The lowest BCUT2D eigenvalue weighted by Gasteiger charge is -2.09. The van der Waals surface area contributed by atoms with Gasteiger partial charge in [0.1, 0.15) is 5.82 Å². The van der Waals surface area contributed by atoms with Crippen LogP contribution in [0.15, 0.2) is 60.8 Å². The first-order valence-corrected chi connectivity index (χ1v) is 9.20. The van der Waals surface area contributed by atoms with Gasteiger partial charge in [-0.05, 0) is 53.9 Å². The Balaban J connectivity index is 1.40. The van der Waals surface area contributed by atoms with Crippen molar-refractivity contribution in [3.63, 3.8) is 0 Å². The van der Waals surface area contributed by atoms with Gasteiger partial charge in [0.15, 0.2) is 11.5 Å². The van der Waals surface area contributed by atoms with Gasteiger partial charge in [-0.1, -0.05) is 25.1 Å². The van der Waals surface area contributed by atoms with Gasteiger partial charge in [-0.15, -0.1) is 0 Å². The summed E-state index contributed by atoms with van der Waals surface area (Å²) in [5.41, 5.74) is 3.59. The quantitative estimate of drug-likeness (QED) is 0.674. The van der Waals surface area contributed by atoms with Gasteiger partial charge in [0.2, 0.25) is 6.79 Å². The molecule has 2 N–H and O–H groups in total. The number of nitrogens with one attached hydrogen (secondary N) is 2. The molecule has 2 heterocycles. The number of aromatic nitrogens is 1. The molecule has 28 heavy (non-hydrogen) atoms. The topological polar surface area (TPSA) is 72.5 Å². The maximum atomic E-state index is 12.5. The Labute approximate surface area is 163 Å². The predicted molar refractivity (Wildman–Crippen MR) is 108 cm³/mol. The first kappa shape index (κ1) is 17.9. The number of anilines is 2. The van der Waals surface area contributed by atoms with Gasteiger partial charge in [-0.25, -0.2) is 4.98 Å². The number of rotatable bonds is 6. The van der Waals surface area contributed by atoms with Gasteiger partial charge < -0.3 is 20.1 Å². The molecule has 6 heteroatoms. The number of ether oxygens (including phenoxy) is 2. The monoisotopic (exact) mass is 375 g/mol. The summed E-state index contributed by atoms with van der Waals surface area (Å²) in [5.74, 6) is 1.96. The first-order valence-electron chi connectivity index (χ1n) is 9.20. The third kappa shape index (κ3) is 4.06. The molecule has 2 aromatic carbocycles. The number of carbonyl (C=O) groups excluding carboxylic acids is 1. The molecule has 1 aliphatic heterocycles. The molecule has 0 spiro atoms. The highest BCUT2D eigenvalue weighted by atomic mass is 16.7. The molecule has 1 amide bonds. The van der Waals surface area contributed by atoms with Crippen molar-refractivity contribution in [3.8, 4) is 11.5 Å². The standard InChI is InChI=1S/C22H21N3O3/c1-2-15-3-6-18(7-4-15)25-22(26)17-9-10-23-21(12-17)24-13-16-5-8-19-20(11-16)28-14-27-19/h3-12H,2,13-14H2,1H3,(H,23,24)(H,25,26). The average molecular weight is 375 g/mol. The van der Waals surface area contributed by atoms with Gasteiger partial charge >= 0.3 is 0 Å². The second-order valence-corrected chi connectivity index (χ2v) is 6.48. The van der Waals surface area contributed by atoms with Crippen molar-refractivity contribution in [1.82, 2.24) is 4.98 Å². The maximum Gasteiger partial charge on any atom is 0.255 e. The Morgan fingerprint density at radius 2 is 1.79 bits per heavy atom. The van der Waals surface area contributed by atoms with Gasteiger partial charge in [0, 0.05) is 24.0 Å². The lowest BCUT2D eigenvalue weighted by atomic mass is 10.1. The van der Waals surface area contributed by atoms with E-state index in [0.29, 0.717) is 17.9 Å². The number of fused-ring (bicyclic) bond motifs is 1. The van der Waals surface area contributed by atoms with Crippen LogP contribution in [0, 0.1) is 0 Å². The van der Waals surface area contributed by atoms with Crippen molar-refractivity contribution in [3.05, 3.63) is 77.5 Å². The highest BCUT2D eigenvalue weighted by Gasteiger charge is 2.13. The molecule has 0 saturated heterocycles. The molecule has 0 atom stereocenters. The molecule has 3 aromatic rings. The van der Waals surface area contributed by atoms with E-state index in [1.54, 1.807) is 18.3 Å². The fourth-order valence-corrected chi connectivity index (χ4v) is 2.94. The summed E-state index contributed by atoms with van der Waals surface area (Å²) in [7, 11) is 0. The molecule has 142 valence electrons. The Kier molecular flexibility index (Phi) is 5.10. The lowest BCUT2D eigenvalue weighted by molar-refractivity contribution is 0.102. The third-order valence-corrected chi connectivity index (χ3v) is 4.55. The fraction of sp³-hybridized carbons (Fsp3) is 0.182. The third-order valence-electron chi connectivity index (χ3n) is 4.55. The molecule has 0 radical (unpaired) electrons. The van der Waals surface area contributed by atoms with E-state index in [1.165, 1.54) is 5.56 Å². The van der Waals surface area contributed by atoms with E-state index < -0.39 is 0 Å². The zero-order valence-corrected chi connectivity index (χ0v) is 15.6. The SMILES string of the molecule is CCc1ccc(NC(=O)c2ccnc(NCc3ccc4c(c3)OCO4)c2)cc1. The minimum atomic E-state index is -0.169. The summed E-state index contributed by atoms with van der Waals surface area (Å²) in [4.78, 5) is 16.8. The zero-order chi connectivity index (χ0) is 19.3. The molecule has 0 aliphatic carbocycles. The molecule has 1 aliphatic rings. The molecule has 4 rings (SSSR count). The van der Waals surface area contributed by atoms with Gasteiger partial charge in [-0.3, -0.25) is 4.79 Å². The molecule has 1 aromatic heterocycles. The van der Waals surface area contributed by atoms with Crippen LogP contribution in [-0.2, 0) is 13.0 Å². The number of carbonyl (C=O) groups is 1. The predicted octanol–water partition coefficient (Wildman–Crippen LogP) is 4.24. The Bertz CT molecular complexity index is 987. The highest BCUT2D eigenvalue weighted by Crippen LogP contribution is 2.32. The van der Waals surface area contributed by atoms with Crippen molar-refractivity contribution < 1.29 is 14.3 Å². The van der Waals surface area contributed by atoms with Crippen LogP contribution >= 0.6 is 0 Å². The van der Waals surface area contributed by atoms with Crippen LogP contribution in [0.1, 0.15) is 28.4 Å². The smallest absolute Gasteiger partial charge is 0.255 e. The fourth-order valence-electron chi connectivity index (χ4n) is 2.94. The number of amides is 1. The van der Waals surface area contributed by atoms with Crippen LogP contribution in [0.2, 0.25) is 0 Å². The zero-order valence-electron chi connectivity index (χ0n) is 15.6. The Hall–Kier alpha value is -3.54. The van der Waals surface area contributed by atoms with Crippen molar-refractivity contribution in [2.45, 2.75) is 19.9 Å². The van der Waals surface area contributed by atoms with E-state index in [0.717, 1.165) is 29.2 Å². The Morgan fingerprint density at radius 3 is 2.61 bits per heavy atom. The molecule has 0 fully saturated rings. The van der Waals surface area contributed by atoms with Crippen molar-refractivity contribution >= 4 is 17.4 Å².